The van der Waals surface area contributed by atoms with E-state index in [0.29, 0.717) is 5.92 Å². The summed E-state index contributed by atoms with van der Waals surface area (Å²) in [4.78, 5) is 2.46. The summed E-state index contributed by atoms with van der Waals surface area (Å²) in [6.45, 7) is 8.66. The summed E-state index contributed by atoms with van der Waals surface area (Å²) in [5, 5.41) is 0. The van der Waals surface area contributed by atoms with Crippen molar-refractivity contribution in [3.63, 3.8) is 0 Å². The molecule has 0 radical (unpaired) electrons. The maximum Gasteiger partial charge on any atom is 0.130 e. The predicted octanol–water partition coefficient (Wildman–Crippen LogP) is 5.59. The number of hydrogen-bond donors (Lipinski definition) is 0. The van der Waals surface area contributed by atoms with Gasteiger partial charge in [0, 0.05) is 35.5 Å². The van der Waals surface area contributed by atoms with Crippen LogP contribution in [0.5, 0.6) is 0 Å². The maximum absolute atomic E-state index is 5.98. The first kappa shape index (κ1) is 16.6. The van der Waals surface area contributed by atoms with Crippen LogP contribution in [-0.4, -0.2) is 13.7 Å². The smallest absolute Gasteiger partial charge is 0.130 e. The highest BCUT2D eigenvalue weighted by Gasteiger charge is 2.26. The Morgan fingerprint density at radius 2 is 1.67 bits per heavy atom. The number of ether oxygens (including phenoxy) is 1. The number of benzene rings is 2. The lowest BCUT2D eigenvalue weighted by Gasteiger charge is -2.32. The van der Waals surface area contributed by atoms with Crippen molar-refractivity contribution in [2.45, 2.75) is 33.7 Å². The van der Waals surface area contributed by atoms with E-state index < -0.39 is 0 Å². The number of hydrogen-bond acceptors (Lipinski definition) is 2. The molecular weight excluding hydrogens is 294 g/mol. The predicted molar refractivity (Wildman–Crippen MR) is 103 cm³/mol. The van der Waals surface area contributed by atoms with Crippen molar-refractivity contribution < 1.29 is 4.74 Å². The van der Waals surface area contributed by atoms with Gasteiger partial charge >= 0.3 is 0 Å². The Hall–Kier alpha value is -2.22. The van der Waals surface area contributed by atoms with Crippen LogP contribution in [0.1, 0.15) is 43.9 Å². The molecule has 1 heterocycles. The van der Waals surface area contributed by atoms with Crippen LogP contribution in [0.25, 0.3) is 11.3 Å². The van der Waals surface area contributed by atoms with Crippen LogP contribution in [0.2, 0.25) is 0 Å². The lowest BCUT2D eigenvalue weighted by Crippen LogP contribution is -2.26. The van der Waals surface area contributed by atoms with E-state index in [9.17, 15) is 0 Å². The van der Waals surface area contributed by atoms with Crippen LogP contribution in [0.15, 0.2) is 48.5 Å². The quantitative estimate of drug-likeness (QED) is 0.728. The zero-order chi connectivity index (χ0) is 17.1. The summed E-state index contributed by atoms with van der Waals surface area (Å²) < 4.78 is 5.98. The third-order valence-corrected chi connectivity index (χ3v) is 5.09. The molecule has 2 heteroatoms. The summed E-state index contributed by atoms with van der Waals surface area (Å²) in [5.74, 6) is 1.47. The van der Waals surface area contributed by atoms with Crippen LogP contribution in [-0.2, 0) is 11.3 Å². The van der Waals surface area contributed by atoms with Crippen LogP contribution in [0.4, 0.5) is 5.69 Å². The Labute approximate surface area is 145 Å². The van der Waals surface area contributed by atoms with Gasteiger partial charge in [-0.15, -0.1) is 0 Å². The molecule has 0 spiro atoms. The Morgan fingerprint density at radius 1 is 1.00 bits per heavy atom. The first-order valence-electron chi connectivity index (χ1n) is 8.92. The molecule has 0 amide bonds. The molecule has 0 N–H and O–H groups in total. The molecule has 1 aliphatic rings. The van der Waals surface area contributed by atoms with E-state index in [0.717, 1.165) is 25.3 Å². The van der Waals surface area contributed by atoms with E-state index in [4.69, 9.17) is 4.74 Å². The number of fused-ring (bicyclic) bond motifs is 2. The van der Waals surface area contributed by atoms with E-state index in [1.54, 1.807) is 7.11 Å². The molecule has 1 aliphatic heterocycles. The molecule has 0 aliphatic carbocycles. The number of methoxy groups -OCH3 is 1. The van der Waals surface area contributed by atoms with Crippen molar-refractivity contribution >= 4 is 17.0 Å². The topological polar surface area (TPSA) is 12.5 Å². The number of para-hydroxylation sites is 1. The molecule has 0 saturated carbocycles. The van der Waals surface area contributed by atoms with E-state index in [2.05, 4.69) is 74.2 Å². The van der Waals surface area contributed by atoms with Gasteiger partial charge in [0.25, 0.3) is 0 Å². The van der Waals surface area contributed by atoms with Crippen LogP contribution in [0, 0.1) is 5.92 Å². The van der Waals surface area contributed by atoms with Gasteiger partial charge < -0.3 is 9.64 Å². The van der Waals surface area contributed by atoms with Gasteiger partial charge in [-0.2, -0.15) is 0 Å². The summed E-state index contributed by atoms with van der Waals surface area (Å²) in [7, 11) is 1.80. The molecule has 0 bridgehead atoms. The second-order valence-electron chi connectivity index (χ2n) is 6.44. The van der Waals surface area contributed by atoms with Gasteiger partial charge in [-0.1, -0.05) is 56.3 Å². The Bertz CT molecular complexity index is 747. The highest BCUT2D eigenvalue weighted by atomic mass is 16.5. The zero-order valence-electron chi connectivity index (χ0n) is 15.2. The van der Waals surface area contributed by atoms with Gasteiger partial charge in [0.2, 0.25) is 0 Å². The Kier molecular flexibility index (Phi) is 4.94. The number of rotatable bonds is 4. The molecule has 0 saturated heterocycles. The highest BCUT2D eigenvalue weighted by Crippen LogP contribution is 2.42. The third kappa shape index (κ3) is 2.82. The van der Waals surface area contributed by atoms with E-state index >= 15 is 0 Å². The fourth-order valence-corrected chi connectivity index (χ4v) is 3.61. The van der Waals surface area contributed by atoms with Gasteiger partial charge in [-0.25, -0.2) is 0 Å². The normalized spacial score (nSPS) is 18.2. The van der Waals surface area contributed by atoms with E-state index in [1.165, 1.54) is 28.0 Å². The maximum atomic E-state index is 5.98. The van der Waals surface area contributed by atoms with Crippen molar-refractivity contribution in [2.75, 3.05) is 18.6 Å². The molecule has 2 aromatic rings. The molecule has 24 heavy (non-hydrogen) atoms. The summed E-state index contributed by atoms with van der Waals surface area (Å²) in [6.07, 6.45) is 1.09. The van der Waals surface area contributed by atoms with Gasteiger partial charge in [0.15, 0.2) is 0 Å². The minimum absolute atomic E-state index is 0.436. The molecule has 3 rings (SSSR count). The average molecular weight is 321 g/mol. The largest absolute Gasteiger partial charge is 0.496 e. The highest BCUT2D eigenvalue weighted by molar-refractivity contribution is 5.94. The lowest BCUT2D eigenvalue weighted by molar-refractivity contribution is 0.368. The van der Waals surface area contributed by atoms with Gasteiger partial charge in [0.1, 0.15) is 5.76 Å². The molecular formula is C22H27NO. The standard InChI is InChI=1S/C22H27NO/c1-5-16(3)21-19-13-9-10-14-20(19)23(6-2)15-17-11-7-8-12-18(17)22(21)24-4/h7-14,16H,5-6,15H2,1-4H3/b22-21+. The van der Waals surface area contributed by atoms with Crippen molar-refractivity contribution in [2.24, 2.45) is 5.92 Å². The van der Waals surface area contributed by atoms with Crippen molar-refractivity contribution in [3.8, 4) is 0 Å². The molecule has 126 valence electrons. The Balaban J connectivity index is 2.37. The number of anilines is 1. The zero-order valence-corrected chi connectivity index (χ0v) is 15.2. The van der Waals surface area contributed by atoms with Crippen molar-refractivity contribution in [3.05, 3.63) is 65.2 Å². The molecule has 0 aromatic heterocycles. The number of allylic oxidation sites excluding steroid dienone is 1. The van der Waals surface area contributed by atoms with Gasteiger partial charge in [-0.3, -0.25) is 0 Å². The monoisotopic (exact) mass is 321 g/mol. The SMILES string of the molecule is CCC(C)/C1=C(\OC)c2ccccc2CN(CC)c2ccccc21. The van der Waals surface area contributed by atoms with Crippen LogP contribution < -0.4 is 4.90 Å². The summed E-state index contributed by atoms with van der Waals surface area (Å²) >= 11 is 0. The molecule has 2 aromatic carbocycles. The van der Waals surface area contributed by atoms with E-state index in [-0.39, 0.29) is 0 Å². The first-order valence-corrected chi connectivity index (χ1v) is 8.92. The molecule has 0 fully saturated rings. The van der Waals surface area contributed by atoms with Gasteiger partial charge in [0.05, 0.1) is 7.11 Å². The fourth-order valence-electron chi connectivity index (χ4n) is 3.61. The second kappa shape index (κ2) is 7.12. The fraction of sp³-hybridized carbons (Fsp3) is 0.364. The second-order valence-corrected chi connectivity index (χ2v) is 6.44. The van der Waals surface area contributed by atoms with Crippen molar-refractivity contribution in [1.29, 1.82) is 0 Å². The molecule has 1 atom stereocenters. The Morgan fingerprint density at radius 3 is 2.33 bits per heavy atom. The minimum atomic E-state index is 0.436. The number of nitrogens with zero attached hydrogens (tertiary/aromatic N) is 1. The minimum Gasteiger partial charge on any atom is -0.496 e. The van der Waals surface area contributed by atoms with Crippen molar-refractivity contribution in [1.82, 2.24) is 0 Å². The van der Waals surface area contributed by atoms with Gasteiger partial charge in [-0.05, 0) is 30.9 Å². The van der Waals surface area contributed by atoms with Crippen LogP contribution in [0.3, 0.4) is 0 Å². The average Bonchev–Trinajstić information content (AvgIpc) is 2.63. The summed E-state index contributed by atoms with van der Waals surface area (Å²) in [5.41, 5.74) is 6.48. The molecule has 1 unspecified atom stereocenters. The third-order valence-electron chi connectivity index (χ3n) is 5.09. The lowest BCUT2D eigenvalue weighted by atomic mass is 9.85. The molecule has 2 nitrogen and oxygen atoms in total. The first-order chi connectivity index (χ1) is 11.7. The van der Waals surface area contributed by atoms with E-state index in [1.807, 2.05) is 0 Å². The summed E-state index contributed by atoms with van der Waals surface area (Å²) in [6, 6.07) is 17.4. The van der Waals surface area contributed by atoms with Crippen LogP contribution >= 0.6 is 0 Å².